The maximum absolute atomic E-state index is 5.40. The minimum Gasteiger partial charge on any atom is -0.497 e. The predicted octanol–water partition coefficient (Wildman–Crippen LogP) is 4.93. The molecule has 1 N–H and O–H groups in total. The molecule has 0 bridgehead atoms. The molecule has 0 amide bonds. The average molecular weight is 381 g/mol. The molecule has 27 heavy (non-hydrogen) atoms. The number of para-hydroxylation sites is 1. The van der Waals surface area contributed by atoms with Crippen molar-refractivity contribution in [2.24, 2.45) is 0 Å². The molecule has 5 nitrogen and oxygen atoms in total. The van der Waals surface area contributed by atoms with Gasteiger partial charge in [-0.15, -0.1) is 12.4 Å². The smallest absolute Gasteiger partial charge is 0.161 e. The second-order valence-corrected chi connectivity index (χ2v) is 6.74. The Hall–Kier alpha value is -2.79. The van der Waals surface area contributed by atoms with Crippen LogP contribution in [0.3, 0.4) is 0 Å². The van der Waals surface area contributed by atoms with Crippen LogP contribution >= 0.6 is 12.4 Å². The van der Waals surface area contributed by atoms with E-state index in [9.17, 15) is 0 Å². The van der Waals surface area contributed by atoms with Crippen LogP contribution in [0.5, 0.6) is 5.75 Å². The summed E-state index contributed by atoms with van der Waals surface area (Å²) in [7, 11) is 1.71. The number of methoxy groups -OCH3 is 1. The molecule has 0 saturated carbocycles. The number of hydrogen-bond acceptors (Lipinski definition) is 4. The number of benzene rings is 2. The van der Waals surface area contributed by atoms with Crippen LogP contribution in [-0.2, 0) is 6.42 Å². The van der Waals surface area contributed by atoms with Crippen LogP contribution in [0.4, 0.5) is 11.5 Å². The van der Waals surface area contributed by atoms with Crippen molar-refractivity contribution in [3.05, 3.63) is 53.9 Å². The molecule has 2 aromatic heterocycles. The number of nitrogens with zero attached hydrogens (tertiary/aromatic N) is 3. The first-order chi connectivity index (χ1) is 12.7. The van der Waals surface area contributed by atoms with Gasteiger partial charge in [0.25, 0.3) is 0 Å². The van der Waals surface area contributed by atoms with Gasteiger partial charge in [-0.3, -0.25) is 0 Å². The lowest BCUT2D eigenvalue weighted by Gasteiger charge is -2.31. The Morgan fingerprint density at radius 3 is 2.81 bits per heavy atom. The number of hydrogen-bond donors (Lipinski definition) is 1. The van der Waals surface area contributed by atoms with Gasteiger partial charge in [0.05, 0.1) is 7.11 Å². The van der Waals surface area contributed by atoms with Crippen molar-refractivity contribution >= 4 is 45.8 Å². The van der Waals surface area contributed by atoms with Gasteiger partial charge in [0.1, 0.15) is 22.6 Å². The normalized spacial score (nSPS) is 13.5. The Bertz CT molecular complexity index is 1140. The van der Waals surface area contributed by atoms with Gasteiger partial charge in [0, 0.05) is 23.1 Å². The van der Waals surface area contributed by atoms with Crippen LogP contribution in [0, 0.1) is 6.92 Å². The molecular weight excluding hydrogens is 360 g/mol. The molecule has 5 rings (SSSR count). The minimum atomic E-state index is 0. The number of nitrogens with one attached hydrogen (secondary N) is 1. The number of anilines is 2. The van der Waals surface area contributed by atoms with Gasteiger partial charge >= 0.3 is 0 Å². The average Bonchev–Trinajstić information content (AvgIpc) is 3.05. The van der Waals surface area contributed by atoms with E-state index >= 15 is 0 Å². The first-order valence-electron chi connectivity index (χ1n) is 8.94. The lowest BCUT2D eigenvalue weighted by molar-refractivity contribution is 0.414. The molecule has 1 aliphatic heterocycles. The molecule has 0 unspecified atom stereocenters. The van der Waals surface area contributed by atoms with Crippen LogP contribution in [0.1, 0.15) is 17.8 Å². The van der Waals surface area contributed by atoms with E-state index < -0.39 is 0 Å². The van der Waals surface area contributed by atoms with E-state index in [1.54, 1.807) is 7.11 Å². The van der Waals surface area contributed by atoms with E-state index in [2.05, 4.69) is 40.2 Å². The zero-order valence-corrected chi connectivity index (χ0v) is 16.1. The lowest BCUT2D eigenvalue weighted by atomic mass is 10.0. The first-order valence-corrected chi connectivity index (χ1v) is 8.94. The number of rotatable bonds is 2. The largest absolute Gasteiger partial charge is 0.497 e. The fourth-order valence-electron chi connectivity index (χ4n) is 3.92. The fourth-order valence-corrected chi connectivity index (χ4v) is 3.92. The summed E-state index contributed by atoms with van der Waals surface area (Å²) < 4.78 is 5.40. The molecule has 0 saturated heterocycles. The number of aryl methyl sites for hydroxylation is 2. The van der Waals surface area contributed by atoms with Gasteiger partial charge in [-0.2, -0.15) is 0 Å². The van der Waals surface area contributed by atoms with Gasteiger partial charge in [0.15, 0.2) is 5.82 Å². The SMILES string of the molecule is COc1ccc2c(c1)CCCN2c1nc(C)nc2c1[nH]c1ccccc12.Cl. The minimum absolute atomic E-state index is 0. The van der Waals surface area contributed by atoms with E-state index in [4.69, 9.17) is 14.7 Å². The summed E-state index contributed by atoms with van der Waals surface area (Å²) in [4.78, 5) is 15.4. The Labute approximate surface area is 163 Å². The Balaban J connectivity index is 0.00000180. The molecule has 6 heteroatoms. The van der Waals surface area contributed by atoms with E-state index in [-0.39, 0.29) is 12.4 Å². The summed E-state index contributed by atoms with van der Waals surface area (Å²) in [6.07, 6.45) is 2.15. The highest BCUT2D eigenvalue weighted by Crippen LogP contribution is 2.38. The van der Waals surface area contributed by atoms with Gasteiger partial charge in [-0.25, -0.2) is 9.97 Å². The molecule has 0 radical (unpaired) electrons. The summed E-state index contributed by atoms with van der Waals surface area (Å²) in [5.74, 6) is 2.65. The number of aromatic nitrogens is 3. The number of H-pyrrole nitrogens is 1. The van der Waals surface area contributed by atoms with E-state index in [0.29, 0.717) is 0 Å². The monoisotopic (exact) mass is 380 g/mol. The molecule has 138 valence electrons. The first kappa shape index (κ1) is 17.6. The van der Waals surface area contributed by atoms with Crippen molar-refractivity contribution in [2.75, 3.05) is 18.6 Å². The van der Waals surface area contributed by atoms with Crippen molar-refractivity contribution in [3.63, 3.8) is 0 Å². The summed E-state index contributed by atoms with van der Waals surface area (Å²) in [5.41, 5.74) is 5.59. The van der Waals surface area contributed by atoms with E-state index in [1.165, 1.54) is 11.3 Å². The third-order valence-electron chi connectivity index (χ3n) is 5.10. The van der Waals surface area contributed by atoms with Crippen LogP contribution in [-0.4, -0.2) is 28.6 Å². The third-order valence-corrected chi connectivity index (χ3v) is 5.10. The molecule has 0 fully saturated rings. The number of halogens is 1. The van der Waals surface area contributed by atoms with Gasteiger partial charge in [-0.05, 0) is 49.6 Å². The fraction of sp³-hybridized carbons (Fsp3) is 0.238. The standard InChI is InChI=1S/C21H20N4O.ClH/c1-13-22-19-16-7-3-4-8-17(16)24-20(19)21(23-13)25-11-5-6-14-12-15(26-2)9-10-18(14)25;/h3-4,7-10,12,24H,5-6,11H2,1-2H3;1H. The maximum Gasteiger partial charge on any atom is 0.161 e. The van der Waals surface area contributed by atoms with Crippen molar-refractivity contribution in [2.45, 2.75) is 19.8 Å². The van der Waals surface area contributed by atoms with Crippen molar-refractivity contribution in [3.8, 4) is 5.75 Å². The predicted molar refractivity (Wildman–Crippen MR) is 112 cm³/mol. The van der Waals surface area contributed by atoms with Crippen LogP contribution < -0.4 is 9.64 Å². The third kappa shape index (κ3) is 2.79. The van der Waals surface area contributed by atoms with E-state index in [1.807, 2.05) is 19.1 Å². The highest BCUT2D eigenvalue weighted by atomic mass is 35.5. The van der Waals surface area contributed by atoms with Crippen LogP contribution in [0.2, 0.25) is 0 Å². The second-order valence-electron chi connectivity index (χ2n) is 6.74. The van der Waals surface area contributed by atoms with Crippen LogP contribution in [0.15, 0.2) is 42.5 Å². The lowest BCUT2D eigenvalue weighted by Crippen LogP contribution is -2.26. The molecular formula is C21H21ClN4O. The molecule has 0 aliphatic carbocycles. The van der Waals surface area contributed by atoms with Crippen molar-refractivity contribution in [1.29, 1.82) is 0 Å². The second kappa shape index (κ2) is 6.74. The molecule has 4 aromatic rings. The maximum atomic E-state index is 5.40. The molecule has 1 aliphatic rings. The topological polar surface area (TPSA) is 54.0 Å². The Morgan fingerprint density at radius 1 is 1.11 bits per heavy atom. The molecule has 2 aromatic carbocycles. The Kier molecular flexibility index (Phi) is 4.40. The van der Waals surface area contributed by atoms with Gasteiger partial charge < -0.3 is 14.6 Å². The summed E-state index contributed by atoms with van der Waals surface area (Å²) in [6, 6.07) is 14.6. The summed E-state index contributed by atoms with van der Waals surface area (Å²) in [5, 5.41) is 1.14. The van der Waals surface area contributed by atoms with E-state index in [0.717, 1.165) is 58.7 Å². The summed E-state index contributed by atoms with van der Waals surface area (Å²) >= 11 is 0. The molecule has 3 heterocycles. The van der Waals surface area contributed by atoms with Crippen LogP contribution in [0.25, 0.3) is 21.9 Å². The quantitative estimate of drug-likeness (QED) is 0.535. The summed E-state index contributed by atoms with van der Waals surface area (Å²) in [6.45, 7) is 2.91. The van der Waals surface area contributed by atoms with Gasteiger partial charge in [-0.1, -0.05) is 18.2 Å². The molecule has 0 spiro atoms. The number of ether oxygens (including phenoxy) is 1. The highest BCUT2D eigenvalue weighted by Gasteiger charge is 2.23. The Morgan fingerprint density at radius 2 is 1.96 bits per heavy atom. The zero-order chi connectivity index (χ0) is 17.7. The zero-order valence-electron chi connectivity index (χ0n) is 15.3. The molecule has 0 atom stereocenters. The number of fused-ring (bicyclic) bond motifs is 4. The highest BCUT2D eigenvalue weighted by molar-refractivity contribution is 6.08. The van der Waals surface area contributed by atoms with Crippen molar-refractivity contribution in [1.82, 2.24) is 15.0 Å². The van der Waals surface area contributed by atoms with Gasteiger partial charge in [0.2, 0.25) is 0 Å². The van der Waals surface area contributed by atoms with Crippen molar-refractivity contribution < 1.29 is 4.74 Å². The number of aromatic amines is 1.